The standard InChI is InChI=1S/C19H32N2/c1-4-9-16-10-12-17(13-11-16)18(20)19(5-2,6-3)21-14-7-8-15-21/h10-13,18H,4-9,14-15,20H2,1-3H3. The Hall–Kier alpha value is -0.860. The van der Waals surface area contributed by atoms with Gasteiger partial charge in [0.25, 0.3) is 0 Å². The molecule has 0 aliphatic carbocycles. The van der Waals surface area contributed by atoms with E-state index < -0.39 is 0 Å². The zero-order valence-corrected chi connectivity index (χ0v) is 14.1. The van der Waals surface area contributed by atoms with Crippen molar-refractivity contribution in [3.63, 3.8) is 0 Å². The molecule has 1 fully saturated rings. The number of nitrogens with zero attached hydrogens (tertiary/aromatic N) is 1. The van der Waals surface area contributed by atoms with E-state index in [-0.39, 0.29) is 11.6 Å². The number of aryl methyl sites for hydroxylation is 1. The fraction of sp³-hybridized carbons (Fsp3) is 0.684. The molecule has 1 aliphatic rings. The highest BCUT2D eigenvalue weighted by Gasteiger charge is 2.40. The molecule has 1 unspecified atom stereocenters. The van der Waals surface area contributed by atoms with Crippen LogP contribution >= 0.6 is 0 Å². The summed E-state index contributed by atoms with van der Waals surface area (Å²) in [6.45, 7) is 9.25. The molecule has 2 rings (SSSR count). The summed E-state index contributed by atoms with van der Waals surface area (Å²) in [5.74, 6) is 0. The molecule has 0 amide bonds. The summed E-state index contributed by atoms with van der Waals surface area (Å²) in [7, 11) is 0. The molecule has 1 atom stereocenters. The second-order valence-corrected chi connectivity index (χ2v) is 6.47. The summed E-state index contributed by atoms with van der Waals surface area (Å²) in [6, 6.07) is 9.15. The van der Waals surface area contributed by atoms with E-state index in [4.69, 9.17) is 5.73 Å². The van der Waals surface area contributed by atoms with E-state index in [1.54, 1.807) is 0 Å². The van der Waals surface area contributed by atoms with Crippen LogP contribution in [0, 0.1) is 0 Å². The van der Waals surface area contributed by atoms with Crippen molar-refractivity contribution in [1.29, 1.82) is 0 Å². The lowest BCUT2D eigenvalue weighted by Crippen LogP contribution is -2.53. The molecule has 118 valence electrons. The maximum atomic E-state index is 6.76. The predicted octanol–water partition coefficient (Wildman–Crippen LogP) is 4.29. The lowest BCUT2D eigenvalue weighted by molar-refractivity contribution is 0.0767. The van der Waals surface area contributed by atoms with Crippen LogP contribution in [0.2, 0.25) is 0 Å². The van der Waals surface area contributed by atoms with Gasteiger partial charge in [-0.15, -0.1) is 0 Å². The largest absolute Gasteiger partial charge is 0.322 e. The first-order chi connectivity index (χ1) is 10.2. The molecule has 21 heavy (non-hydrogen) atoms. The second kappa shape index (κ2) is 7.42. The monoisotopic (exact) mass is 288 g/mol. The molecule has 2 N–H and O–H groups in total. The first-order valence-electron chi connectivity index (χ1n) is 8.77. The summed E-state index contributed by atoms with van der Waals surface area (Å²) >= 11 is 0. The van der Waals surface area contributed by atoms with E-state index in [9.17, 15) is 0 Å². The van der Waals surface area contributed by atoms with Crippen LogP contribution in [-0.4, -0.2) is 23.5 Å². The Labute approximate surface area is 130 Å². The van der Waals surface area contributed by atoms with Gasteiger partial charge in [-0.05, 0) is 56.3 Å². The molecular weight excluding hydrogens is 256 g/mol. The maximum Gasteiger partial charge on any atom is 0.0481 e. The van der Waals surface area contributed by atoms with Crippen molar-refractivity contribution in [1.82, 2.24) is 4.90 Å². The zero-order chi connectivity index (χ0) is 15.3. The SMILES string of the molecule is CCCc1ccc(C(N)C(CC)(CC)N2CCCC2)cc1. The number of hydrogen-bond acceptors (Lipinski definition) is 2. The Balaban J connectivity index is 2.22. The van der Waals surface area contributed by atoms with Gasteiger partial charge >= 0.3 is 0 Å². The van der Waals surface area contributed by atoms with Gasteiger partial charge in [-0.25, -0.2) is 0 Å². The third-order valence-corrected chi connectivity index (χ3v) is 5.42. The molecule has 0 radical (unpaired) electrons. The highest BCUT2D eigenvalue weighted by Crippen LogP contribution is 2.38. The first kappa shape index (κ1) is 16.5. The van der Waals surface area contributed by atoms with Crippen molar-refractivity contribution < 1.29 is 0 Å². The molecule has 1 aliphatic heterocycles. The van der Waals surface area contributed by atoms with Crippen LogP contribution in [0.1, 0.15) is 70.0 Å². The quantitative estimate of drug-likeness (QED) is 0.811. The van der Waals surface area contributed by atoms with Gasteiger partial charge < -0.3 is 5.73 Å². The Bertz CT molecular complexity index is 414. The van der Waals surface area contributed by atoms with E-state index in [1.807, 2.05) is 0 Å². The Morgan fingerprint density at radius 2 is 1.62 bits per heavy atom. The van der Waals surface area contributed by atoms with Gasteiger partial charge in [-0.3, -0.25) is 4.90 Å². The Kier molecular flexibility index (Phi) is 5.83. The van der Waals surface area contributed by atoms with Gasteiger partial charge in [0.15, 0.2) is 0 Å². The summed E-state index contributed by atoms with van der Waals surface area (Å²) in [5, 5.41) is 0. The zero-order valence-electron chi connectivity index (χ0n) is 14.1. The van der Waals surface area contributed by atoms with Crippen molar-refractivity contribution in [2.24, 2.45) is 5.73 Å². The summed E-state index contributed by atoms with van der Waals surface area (Å²) in [4.78, 5) is 2.65. The molecule has 1 saturated heterocycles. The molecule has 0 saturated carbocycles. The van der Waals surface area contributed by atoms with Gasteiger partial charge in [0, 0.05) is 11.6 Å². The number of likely N-dealkylation sites (tertiary alicyclic amines) is 1. The van der Waals surface area contributed by atoms with Gasteiger partial charge in [0.05, 0.1) is 0 Å². The average Bonchev–Trinajstić information content (AvgIpc) is 3.05. The molecule has 2 nitrogen and oxygen atoms in total. The van der Waals surface area contributed by atoms with E-state index in [2.05, 4.69) is 49.9 Å². The van der Waals surface area contributed by atoms with Gasteiger partial charge in [0.2, 0.25) is 0 Å². The van der Waals surface area contributed by atoms with Crippen molar-refractivity contribution in [3.8, 4) is 0 Å². The molecule has 0 aromatic heterocycles. The Morgan fingerprint density at radius 3 is 2.10 bits per heavy atom. The summed E-state index contributed by atoms with van der Waals surface area (Å²) in [6.07, 6.45) is 7.26. The highest BCUT2D eigenvalue weighted by molar-refractivity contribution is 5.28. The van der Waals surface area contributed by atoms with Crippen molar-refractivity contribution in [3.05, 3.63) is 35.4 Å². The summed E-state index contributed by atoms with van der Waals surface area (Å²) in [5.41, 5.74) is 9.61. The minimum atomic E-state index is 0.112. The van der Waals surface area contributed by atoms with Crippen LogP contribution in [0.3, 0.4) is 0 Å². The third kappa shape index (κ3) is 3.32. The van der Waals surface area contributed by atoms with E-state index in [0.29, 0.717) is 0 Å². The predicted molar refractivity (Wildman–Crippen MR) is 91.5 cm³/mol. The van der Waals surface area contributed by atoms with Crippen LogP contribution in [0.5, 0.6) is 0 Å². The van der Waals surface area contributed by atoms with Crippen LogP contribution < -0.4 is 5.73 Å². The normalized spacial score (nSPS) is 18.1. The second-order valence-electron chi connectivity index (χ2n) is 6.47. The number of benzene rings is 1. The van der Waals surface area contributed by atoms with Crippen LogP contribution in [0.15, 0.2) is 24.3 Å². The van der Waals surface area contributed by atoms with Gasteiger partial charge in [-0.1, -0.05) is 51.5 Å². The smallest absolute Gasteiger partial charge is 0.0481 e. The topological polar surface area (TPSA) is 29.3 Å². The Morgan fingerprint density at radius 1 is 1.05 bits per heavy atom. The van der Waals surface area contributed by atoms with Crippen molar-refractivity contribution >= 4 is 0 Å². The number of rotatable bonds is 7. The highest BCUT2D eigenvalue weighted by atomic mass is 15.2. The molecule has 2 heteroatoms. The lowest BCUT2D eigenvalue weighted by atomic mass is 9.79. The van der Waals surface area contributed by atoms with Gasteiger partial charge in [-0.2, -0.15) is 0 Å². The van der Waals surface area contributed by atoms with E-state index >= 15 is 0 Å². The fourth-order valence-corrected chi connectivity index (χ4v) is 3.99. The number of nitrogens with two attached hydrogens (primary N) is 1. The van der Waals surface area contributed by atoms with Gasteiger partial charge in [0.1, 0.15) is 0 Å². The number of hydrogen-bond donors (Lipinski definition) is 1. The van der Waals surface area contributed by atoms with Crippen LogP contribution in [-0.2, 0) is 6.42 Å². The minimum Gasteiger partial charge on any atom is -0.322 e. The molecular formula is C19H32N2. The van der Waals surface area contributed by atoms with E-state index in [0.717, 1.165) is 19.3 Å². The molecule has 0 bridgehead atoms. The molecule has 0 spiro atoms. The lowest BCUT2D eigenvalue weighted by Gasteiger charge is -2.45. The summed E-state index contributed by atoms with van der Waals surface area (Å²) < 4.78 is 0. The van der Waals surface area contributed by atoms with E-state index in [1.165, 1.54) is 43.5 Å². The maximum absolute atomic E-state index is 6.76. The third-order valence-electron chi connectivity index (χ3n) is 5.42. The minimum absolute atomic E-state index is 0.112. The molecule has 1 heterocycles. The van der Waals surface area contributed by atoms with Crippen molar-refractivity contribution in [2.45, 2.75) is 70.9 Å². The van der Waals surface area contributed by atoms with Crippen LogP contribution in [0.25, 0.3) is 0 Å². The molecule has 1 aromatic carbocycles. The first-order valence-corrected chi connectivity index (χ1v) is 8.77. The van der Waals surface area contributed by atoms with Crippen LogP contribution in [0.4, 0.5) is 0 Å². The average molecular weight is 288 g/mol. The van der Waals surface area contributed by atoms with Crippen molar-refractivity contribution in [2.75, 3.05) is 13.1 Å². The molecule has 1 aromatic rings. The fourth-order valence-electron chi connectivity index (χ4n) is 3.99.